The van der Waals surface area contributed by atoms with E-state index in [1.807, 2.05) is 0 Å². The van der Waals surface area contributed by atoms with Gasteiger partial charge in [-0.3, -0.25) is 4.57 Å². The van der Waals surface area contributed by atoms with Crippen LogP contribution in [0.5, 0.6) is 0 Å². The van der Waals surface area contributed by atoms with Crippen molar-refractivity contribution in [1.82, 2.24) is 14.8 Å². The number of benzene rings is 1. The van der Waals surface area contributed by atoms with Crippen molar-refractivity contribution in [1.29, 1.82) is 0 Å². The molecule has 1 aromatic carbocycles. The minimum absolute atomic E-state index is 0.105. The van der Waals surface area contributed by atoms with Gasteiger partial charge in [0.25, 0.3) is 0 Å². The van der Waals surface area contributed by atoms with Gasteiger partial charge in [0.05, 0.1) is 0 Å². The summed E-state index contributed by atoms with van der Waals surface area (Å²) in [5.41, 5.74) is 8.00. The van der Waals surface area contributed by atoms with Crippen LogP contribution >= 0.6 is 11.8 Å². The smallest absolute Gasteiger partial charge is 0.330 e. The fourth-order valence-electron chi connectivity index (χ4n) is 2.29. The van der Waals surface area contributed by atoms with Gasteiger partial charge in [-0.25, -0.2) is 9.89 Å². The number of hydrogen-bond donors (Lipinski definition) is 2. The Bertz CT molecular complexity index is 672. The van der Waals surface area contributed by atoms with E-state index in [4.69, 9.17) is 5.73 Å². The van der Waals surface area contributed by atoms with Crippen LogP contribution < -0.4 is 11.4 Å². The van der Waals surface area contributed by atoms with Crippen LogP contribution in [0.3, 0.4) is 0 Å². The van der Waals surface area contributed by atoms with Crippen LogP contribution in [0.1, 0.15) is 30.0 Å². The SMILES string of the molecule is Cc1cc(Sc2n[nH]c(=O)n2C2CC2)ccc1CCN. The summed E-state index contributed by atoms with van der Waals surface area (Å²) in [5, 5.41) is 7.43. The number of nitrogens with one attached hydrogen (secondary N) is 1. The molecule has 1 aliphatic carbocycles. The molecule has 3 N–H and O–H groups in total. The van der Waals surface area contributed by atoms with Crippen LogP contribution in [0.15, 0.2) is 33.0 Å². The average molecular weight is 290 g/mol. The maximum Gasteiger partial charge on any atom is 0.344 e. The second-order valence-corrected chi connectivity index (χ2v) is 6.18. The number of aromatic nitrogens is 3. The summed E-state index contributed by atoms with van der Waals surface area (Å²) in [5.74, 6) is 0. The molecule has 0 spiro atoms. The van der Waals surface area contributed by atoms with E-state index in [-0.39, 0.29) is 5.69 Å². The monoisotopic (exact) mass is 290 g/mol. The summed E-state index contributed by atoms with van der Waals surface area (Å²) in [6.45, 7) is 2.75. The Balaban J connectivity index is 1.84. The Labute approximate surface area is 121 Å². The molecule has 1 aromatic heterocycles. The van der Waals surface area contributed by atoms with E-state index in [1.54, 1.807) is 4.57 Å². The van der Waals surface area contributed by atoms with Gasteiger partial charge >= 0.3 is 5.69 Å². The van der Waals surface area contributed by atoms with E-state index in [9.17, 15) is 4.79 Å². The number of hydrogen-bond acceptors (Lipinski definition) is 4. The lowest BCUT2D eigenvalue weighted by Gasteiger charge is -2.07. The van der Waals surface area contributed by atoms with Gasteiger partial charge in [-0.15, -0.1) is 5.10 Å². The van der Waals surface area contributed by atoms with E-state index in [0.717, 1.165) is 29.3 Å². The number of nitrogens with two attached hydrogens (primary N) is 1. The van der Waals surface area contributed by atoms with E-state index >= 15 is 0 Å². The Hall–Kier alpha value is -1.53. The maximum absolute atomic E-state index is 11.7. The molecule has 6 heteroatoms. The Kier molecular flexibility index (Phi) is 3.67. The van der Waals surface area contributed by atoms with Gasteiger partial charge in [-0.05, 0) is 67.8 Å². The van der Waals surface area contributed by atoms with Crippen molar-refractivity contribution in [2.45, 2.75) is 42.3 Å². The fourth-order valence-corrected chi connectivity index (χ4v) is 3.29. The number of aromatic amines is 1. The maximum atomic E-state index is 11.7. The molecule has 0 bridgehead atoms. The summed E-state index contributed by atoms with van der Waals surface area (Å²) >= 11 is 1.53. The van der Waals surface area contributed by atoms with Crippen molar-refractivity contribution in [2.24, 2.45) is 5.73 Å². The normalized spacial score (nSPS) is 14.7. The lowest BCUT2D eigenvalue weighted by Crippen LogP contribution is -2.15. The predicted octanol–water partition coefficient (Wildman–Crippen LogP) is 1.87. The average Bonchev–Trinajstić information content (AvgIpc) is 3.18. The third-order valence-corrected chi connectivity index (χ3v) is 4.48. The lowest BCUT2D eigenvalue weighted by molar-refractivity contribution is 0.642. The summed E-state index contributed by atoms with van der Waals surface area (Å²) in [6.07, 6.45) is 3.04. The lowest BCUT2D eigenvalue weighted by atomic mass is 10.1. The Morgan fingerprint density at radius 2 is 2.30 bits per heavy atom. The molecular weight excluding hydrogens is 272 g/mol. The highest BCUT2D eigenvalue weighted by Gasteiger charge is 2.28. The molecule has 20 heavy (non-hydrogen) atoms. The molecular formula is C14H18N4OS. The topological polar surface area (TPSA) is 76.7 Å². The van der Waals surface area contributed by atoms with Gasteiger partial charge in [0.1, 0.15) is 0 Å². The van der Waals surface area contributed by atoms with Gasteiger partial charge in [0.15, 0.2) is 5.16 Å². The van der Waals surface area contributed by atoms with Gasteiger partial charge < -0.3 is 5.73 Å². The molecule has 3 rings (SSSR count). The van der Waals surface area contributed by atoms with Crippen molar-refractivity contribution < 1.29 is 0 Å². The van der Waals surface area contributed by atoms with Gasteiger partial charge in [0, 0.05) is 10.9 Å². The molecule has 0 aliphatic heterocycles. The van der Waals surface area contributed by atoms with Crippen molar-refractivity contribution in [3.63, 3.8) is 0 Å². The molecule has 0 unspecified atom stereocenters. The molecule has 1 aliphatic rings. The van der Waals surface area contributed by atoms with Gasteiger partial charge in [-0.1, -0.05) is 6.07 Å². The second-order valence-electron chi connectivity index (χ2n) is 5.14. The highest BCUT2D eigenvalue weighted by Crippen LogP contribution is 2.37. The molecule has 0 atom stereocenters. The first-order chi connectivity index (χ1) is 9.69. The van der Waals surface area contributed by atoms with E-state index in [2.05, 4.69) is 35.3 Å². The zero-order chi connectivity index (χ0) is 14.1. The highest BCUT2D eigenvalue weighted by molar-refractivity contribution is 7.99. The van der Waals surface area contributed by atoms with Gasteiger partial charge in [-0.2, -0.15) is 0 Å². The molecule has 0 amide bonds. The van der Waals surface area contributed by atoms with Crippen molar-refractivity contribution in [3.8, 4) is 0 Å². The summed E-state index contributed by atoms with van der Waals surface area (Å²) in [4.78, 5) is 12.8. The molecule has 106 valence electrons. The summed E-state index contributed by atoms with van der Waals surface area (Å²) < 4.78 is 1.77. The third-order valence-electron chi connectivity index (χ3n) is 3.52. The zero-order valence-electron chi connectivity index (χ0n) is 11.4. The second kappa shape index (κ2) is 5.46. The largest absolute Gasteiger partial charge is 0.344 e. The van der Waals surface area contributed by atoms with Crippen molar-refractivity contribution >= 4 is 11.8 Å². The third kappa shape index (κ3) is 2.66. The standard InChI is InChI=1S/C14H18N4OS/c1-9-8-12(5-2-10(9)6-7-15)20-14-17-16-13(19)18(14)11-3-4-11/h2,5,8,11H,3-4,6-7,15H2,1H3,(H,16,19). The molecule has 0 saturated heterocycles. The van der Waals surface area contributed by atoms with Crippen LogP contribution in [0, 0.1) is 6.92 Å². The first kappa shape index (κ1) is 13.5. The van der Waals surface area contributed by atoms with Crippen LogP contribution in [0.25, 0.3) is 0 Å². The molecule has 1 heterocycles. The van der Waals surface area contributed by atoms with Crippen molar-refractivity contribution in [3.05, 3.63) is 39.8 Å². The fraction of sp³-hybridized carbons (Fsp3) is 0.429. The number of aryl methyl sites for hydroxylation is 1. The van der Waals surface area contributed by atoms with E-state index < -0.39 is 0 Å². The number of H-pyrrole nitrogens is 1. The number of nitrogens with zero attached hydrogens (tertiary/aromatic N) is 2. The Morgan fingerprint density at radius 3 is 2.95 bits per heavy atom. The Morgan fingerprint density at radius 1 is 1.50 bits per heavy atom. The first-order valence-electron chi connectivity index (χ1n) is 6.83. The molecule has 2 aromatic rings. The molecule has 5 nitrogen and oxygen atoms in total. The van der Waals surface area contributed by atoms with E-state index in [0.29, 0.717) is 12.6 Å². The molecule has 0 radical (unpaired) electrons. The van der Waals surface area contributed by atoms with Crippen LogP contribution in [0.4, 0.5) is 0 Å². The van der Waals surface area contributed by atoms with Crippen LogP contribution in [-0.2, 0) is 6.42 Å². The van der Waals surface area contributed by atoms with Crippen LogP contribution in [0.2, 0.25) is 0 Å². The van der Waals surface area contributed by atoms with Gasteiger partial charge in [0.2, 0.25) is 0 Å². The number of rotatable bonds is 5. The molecule has 1 saturated carbocycles. The minimum Gasteiger partial charge on any atom is -0.330 e. The van der Waals surface area contributed by atoms with E-state index in [1.165, 1.54) is 22.9 Å². The van der Waals surface area contributed by atoms with Crippen LogP contribution in [-0.4, -0.2) is 21.3 Å². The molecule has 1 fully saturated rings. The summed E-state index contributed by atoms with van der Waals surface area (Å²) in [7, 11) is 0. The summed E-state index contributed by atoms with van der Waals surface area (Å²) in [6, 6.07) is 6.64. The highest BCUT2D eigenvalue weighted by atomic mass is 32.2. The first-order valence-corrected chi connectivity index (χ1v) is 7.65. The van der Waals surface area contributed by atoms with Crippen molar-refractivity contribution in [2.75, 3.05) is 6.54 Å². The zero-order valence-corrected chi connectivity index (χ0v) is 12.2. The predicted molar refractivity (Wildman–Crippen MR) is 79.2 cm³/mol. The minimum atomic E-state index is -0.105. The quantitative estimate of drug-likeness (QED) is 0.881.